The normalized spacial score (nSPS) is 14.8. The highest BCUT2D eigenvalue weighted by molar-refractivity contribution is 7.89. The standard InChI is InChI=1S/C25H37N3O7S2/c1-18(2)15-28(37(33,34)22-12-10-21(35-4)11-13-22)16-24(29)23(14-20-8-6-5-7-9-20)27-25(30)19(3)17-36(26,31)32/h5-13,18-19,23-24,29H,14-17H2,1-4H3,(H,27,30)(H2,26,31,32)/t19-,23+,24?/m1/s1. The fourth-order valence-electron chi connectivity index (χ4n) is 3.81. The Bertz CT molecular complexity index is 1220. The summed E-state index contributed by atoms with van der Waals surface area (Å²) in [6.45, 7) is 5.00. The molecule has 2 aromatic carbocycles. The molecule has 3 atom stereocenters. The van der Waals surface area contributed by atoms with Crippen LogP contribution in [0.1, 0.15) is 26.3 Å². The van der Waals surface area contributed by atoms with Crippen molar-refractivity contribution < 1.29 is 31.5 Å². The van der Waals surface area contributed by atoms with Crippen molar-refractivity contribution in [1.82, 2.24) is 9.62 Å². The molecule has 0 saturated heterocycles. The van der Waals surface area contributed by atoms with E-state index in [0.717, 1.165) is 5.56 Å². The molecule has 1 amide bonds. The Morgan fingerprint density at radius 1 is 1.00 bits per heavy atom. The van der Waals surface area contributed by atoms with Gasteiger partial charge in [0.2, 0.25) is 26.0 Å². The van der Waals surface area contributed by atoms with E-state index in [1.165, 1.54) is 30.5 Å². The van der Waals surface area contributed by atoms with Crippen LogP contribution >= 0.6 is 0 Å². The minimum absolute atomic E-state index is 0.0443. The zero-order chi connectivity index (χ0) is 27.8. The first-order valence-electron chi connectivity index (χ1n) is 11.9. The molecule has 2 aromatic rings. The third-order valence-corrected chi connectivity index (χ3v) is 8.49. The highest BCUT2D eigenvalue weighted by atomic mass is 32.2. The zero-order valence-corrected chi connectivity index (χ0v) is 23.2. The van der Waals surface area contributed by atoms with Gasteiger partial charge in [0, 0.05) is 13.1 Å². The summed E-state index contributed by atoms with van der Waals surface area (Å²) >= 11 is 0. The van der Waals surface area contributed by atoms with Gasteiger partial charge in [0.15, 0.2) is 0 Å². The van der Waals surface area contributed by atoms with Gasteiger partial charge in [-0.05, 0) is 42.2 Å². The molecule has 206 valence electrons. The summed E-state index contributed by atoms with van der Waals surface area (Å²) in [4.78, 5) is 12.8. The summed E-state index contributed by atoms with van der Waals surface area (Å²) in [5, 5.41) is 19.0. The van der Waals surface area contributed by atoms with Crippen molar-refractivity contribution in [3.8, 4) is 5.75 Å². The quantitative estimate of drug-likeness (QED) is 0.318. The molecule has 1 unspecified atom stereocenters. The number of methoxy groups -OCH3 is 1. The molecular formula is C25H37N3O7S2. The Balaban J connectivity index is 2.33. The number of nitrogens with zero attached hydrogens (tertiary/aromatic N) is 1. The van der Waals surface area contributed by atoms with Crippen LogP contribution in [0, 0.1) is 11.8 Å². The van der Waals surface area contributed by atoms with Gasteiger partial charge in [0.25, 0.3) is 0 Å². The van der Waals surface area contributed by atoms with Gasteiger partial charge in [-0.3, -0.25) is 4.79 Å². The van der Waals surface area contributed by atoms with Crippen LogP contribution in [0.5, 0.6) is 5.75 Å². The third kappa shape index (κ3) is 9.71. The first-order valence-corrected chi connectivity index (χ1v) is 15.1. The van der Waals surface area contributed by atoms with Gasteiger partial charge in [0.05, 0.1) is 35.8 Å². The van der Waals surface area contributed by atoms with Crippen LogP contribution in [0.4, 0.5) is 0 Å². The number of nitrogens with two attached hydrogens (primary N) is 1. The molecule has 0 fully saturated rings. The molecule has 0 spiro atoms. The maximum Gasteiger partial charge on any atom is 0.243 e. The molecule has 10 nitrogen and oxygen atoms in total. The fourth-order valence-corrected chi connectivity index (χ4v) is 6.28. The number of rotatable bonds is 14. The van der Waals surface area contributed by atoms with Crippen LogP contribution < -0.4 is 15.2 Å². The molecular weight excluding hydrogens is 518 g/mol. The first-order chi connectivity index (χ1) is 17.2. The van der Waals surface area contributed by atoms with Crippen LogP contribution in [0.25, 0.3) is 0 Å². The average Bonchev–Trinajstić information content (AvgIpc) is 2.82. The number of aliphatic hydroxyl groups is 1. The maximum atomic E-state index is 13.5. The van der Waals surface area contributed by atoms with Gasteiger partial charge in [-0.15, -0.1) is 0 Å². The van der Waals surface area contributed by atoms with Crippen LogP contribution in [-0.2, 0) is 31.3 Å². The van der Waals surface area contributed by atoms with Crippen molar-refractivity contribution in [3.63, 3.8) is 0 Å². The van der Waals surface area contributed by atoms with Gasteiger partial charge >= 0.3 is 0 Å². The molecule has 0 bridgehead atoms. The van der Waals surface area contributed by atoms with E-state index < -0.39 is 49.8 Å². The molecule has 0 aliphatic carbocycles. The number of hydrogen-bond donors (Lipinski definition) is 3. The monoisotopic (exact) mass is 555 g/mol. The number of benzene rings is 2. The molecule has 0 aliphatic heterocycles. The van der Waals surface area contributed by atoms with Gasteiger partial charge in [0.1, 0.15) is 5.75 Å². The molecule has 0 heterocycles. The van der Waals surface area contributed by atoms with E-state index in [1.807, 2.05) is 44.2 Å². The Morgan fingerprint density at radius 2 is 1.59 bits per heavy atom. The van der Waals surface area contributed by atoms with Crippen molar-refractivity contribution in [3.05, 3.63) is 60.2 Å². The summed E-state index contributed by atoms with van der Waals surface area (Å²) in [7, 11) is -6.39. The second kappa shape index (κ2) is 13.3. The number of ether oxygens (including phenoxy) is 1. The van der Waals surface area contributed by atoms with E-state index in [9.17, 15) is 26.7 Å². The predicted octanol–water partition coefficient (Wildman–Crippen LogP) is 1.35. The van der Waals surface area contributed by atoms with Crippen LogP contribution in [-0.4, -0.2) is 70.3 Å². The summed E-state index contributed by atoms with van der Waals surface area (Å²) in [6.07, 6.45) is -1.09. The second-order valence-electron chi connectivity index (χ2n) is 9.49. The van der Waals surface area contributed by atoms with E-state index >= 15 is 0 Å². The lowest BCUT2D eigenvalue weighted by molar-refractivity contribution is -0.125. The minimum Gasteiger partial charge on any atom is -0.497 e. The zero-order valence-electron chi connectivity index (χ0n) is 21.6. The summed E-state index contributed by atoms with van der Waals surface area (Å²) in [5.74, 6) is -1.67. The molecule has 2 rings (SSSR count). The molecule has 4 N–H and O–H groups in total. The van der Waals surface area contributed by atoms with E-state index in [0.29, 0.717) is 5.75 Å². The maximum absolute atomic E-state index is 13.5. The average molecular weight is 556 g/mol. The molecule has 0 saturated carbocycles. The van der Waals surface area contributed by atoms with Crippen LogP contribution in [0.3, 0.4) is 0 Å². The van der Waals surface area contributed by atoms with E-state index in [4.69, 9.17) is 9.88 Å². The summed E-state index contributed by atoms with van der Waals surface area (Å²) < 4.78 is 56.2. The topological polar surface area (TPSA) is 156 Å². The van der Waals surface area contributed by atoms with E-state index in [1.54, 1.807) is 12.1 Å². The van der Waals surface area contributed by atoms with Crippen LogP contribution in [0.2, 0.25) is 0 Å². The SMILES string of the molecule is COc1ccc(S(=O)(=O)N(CC(C)C)CC(O)[C@H](Cc2ccccc2)NC(=O)[C@H](C)CS(N)(=O)=O)cc1. The largest absolute Gasteiger partial charge is 0.497 e. The lowest BCUT2D eigenvalue weighted by Crippen LogP contribution is -2.52. The number of carbonyl (C=O) groups excluding carboxylic acids is 1. The lowest BCUT2D eigenvalue weighted by atomic mass is 10.00. The third-order valence-electron chi connectivity index (χ3n) is 5.68. The Morgan fingerprint density at radius 3 is 2.11 bits per heavy atom. The van der Waals surface area contributed by atoms with E-state index in [2.05, 4.69) is 5.32 Å². The van der Waals surface area contributed by atoms with Gasteiger partial charge in [-0.1, -0.05) is 51.1 Å². The number of nitrogens with one attached hydrogen (secondary N) is 1. The fraction of sp³-hybridized carbons (Fsp3) is 0.480. The van der Waals surface area contributed by atoms with Crippen LogP contribution in [0.15, 0.2) is 59.5 Å². The summed E-state index contributed by atoms with van der Waals surface area (Å²) in [5.41, 5.74) is 0.805. The Kier molecular flexibility index (Phi) is 11.1. The molecule has 12 heteroatoms. The molecule has 0 aromatic heterocycles. The number of aliphatic hydroxyl groups excluding tert-OH is 1. The summed E-state index contributed by atoms with van der Waals surface area (Å²) in [6, 6.07) is 14.2. The second-order valence-corrected chi connectivity index (χ2v) is 13.1. The number of amides is 1. The molecule has 37 heavy (non-hydrogen) atoms. The highest BCUT2D eigenvalue weighted by Gasteiger charge is 2.32. The smallest absolute Gasteiger partial charge is 0.243 e. The van der Waals surface area contributed by atoms with Gasteiger partial charge in [-0.25, -0.2) is 22.0 Å². The van der Waals surface area contributed by atoms with Crippen molar-refractivity contribution in [1.29, 1.82) is 0 Å². The van der Waals surface area contributed by atoms with Crippen molar-refractivity contribution in [2.75, 3.05) is 26.0 Å². The van der Waals surface area contributed by atoms with Crippen molar-refractivity contribution in [2.45, 2.75) is 44.2 Å². The van der Waals surface area contributed by atoms with Crippen molar-refractivity contribution >= 4 is 26.0 Å². The predicted molar refractivity (Wildman–Crippen MR) is 142 cm³/mol. The van der Waals surface area contributed by atoms with Gasteiger partial charge < -0.3 is 15.2 Å². The minimum atomic E-state index is -3.98. The first kappa shape index (κ1) is 30.7. The van der Waals surface area contributed by atoms with E-state index in [-0.39, 0.29) is 30.3 Å². The highest BCUT2D eigenvalue weighted by Crippen LogP contribution is 2.22. The number of hydrogen-bond acceptors (Lipinski definition) is 7. The lowest BCUT2D eigenvalue weighted by Gasteiger charge is -2.31. The molecule has 0 aliphatic rings. The van der Waals surface area contributed by atoms with Crippen molar-refractivity contribution in [2.24, 2.45) is 17.0 Å². The number of primary sulfonamides is 1. The Hall–Kier alpha value is -2.51. The number of carbonyl (C=O) groups is 1. The van der Waals surface area contributed by atoms with Gasteiger partial charge in [-0.2, -0.15) is 4.31 Å². The molecule has 0 radical (unpaired) electrons. The Labute approximate surface area is 219 Å². The number of sulfonamides is 2.